The number of anilines is 1. The van der Waals surface area contributed by atoms with Crippen LogP contribution in [0.1, 0.15) is 36.7 Å². The topological polar surface area (TPSA) is 68.0 Å². The summed E-state index contributed by atoms with van der Waals surface area (Å²) in [6.45, 7) is 6.33. The monoisotopic (exact) mass is 339 g/mol. The fourth-order valence-corrected chi connectivity index (χ4v) is 2.37. The fourth-order valence-electron chi connectivity index (χ4n) is 2.37. The second kappa shape index (κ2) is 6.47. The summed E-state index contributed by atoms with van der Waals surface area (Å²) in [6, 6.07) is 13.1. The first kappa shape index (κ1) is 16.8. The van der Waals surface area contributed by atoms with Crippen LogP contribution < -0.4 is 5.32 Å². The zero-order chi connectivity index (χ0) is 18.0. The lowest BCUT2D eigenvalue weighted by molar-refractivity contribution is 0.102. The molecule has 3 rings (SSSR count). The van der Waals surface area contributed by atoms with Crippen molar-refractivity contribution in [1.82, 2.24) is 10.3 Å². The number of aromatic nitrogens is 2. The van der Waals surface area contributed by atoms with E-state index in [0.29, 0.717) is 16.8 Å². The van der Waals surface area contributed by atoms with Crippen molar-refractivity contribution >= 4 is 11.7 Å². The van der Waals surface area contributed by atoms with E-state index in [9.17, 15) is 9.18 Å². The number of nitrogens with zero attached hydrogens (tertiary/aromatic N) is 2. The second-order valence-electron chi connectivity index (χ2n) is 6.75. The third-order valence-electron chi connectivity index (χ3n) is 3.85. The van der Waals surface area contributed by atoms with E-state index in [1.54, 1.807) is 24.3 Å². The highest BCUT2D eigenvalue weighted by atomic mass is 19.1. The number of nitrogens with one attached hydrogen (secondary N) is 1. The third-order valence-corrected chi connectivity index (χ3v) is 3.85. The molecule has 5 nitrogen and oxygen atoms in total. The molecule has 25 heavy (non-hydrogen) atoms. The van der Waals surface area contributed by atoms with Gasteiger partial charge in [0.05, 0.1) is 0 Å². The first-order valence-electron chi connectivity index (χ1n) is 7.85. The molecule has 1 aromatic heterocycles. The lowest BCUT2D eigenvalue weighted by atomic mass is 9.87. The summed E-state index contributed by atoms with van der Waals surface area (Å²) >= 11 is 0. The number of carbonyl (C=O) groups excluding carboxylic acids is 1. The molecular weight excluding hydrogens is 321 g/mol. The van der Waals surface area contributed by atoms with Crippen LogP contribution in [-0.4, -0.2) is 16.2 Å². The summed E-state index contributed by atoms with van der Waals surface area (Å²) in [4.78, 5) is 12.4. The lowest BCUT2D eigenvalue weighted by Gasteiger charge is -2.18. The third kappa shape index (κ3) is 3.74. The summed E-state index contributed by atoms with van der Waals surface area (Å²) in [5.74, 6) is -0.485. The molecule has 6 heteroatoms. The molecule has 2 aromatic carbocycles. The summed E-state index contributed by atoms with van der Waals surface area (Å²) in [7, 11) is 0. The molecule has 0 fully saturated rings. The highest BCUT2D eigenvalue weighted by molar-refractivity contribution is 6.05. The Kier molecular flexibility index (Phi) is 4.35. The Labute approximate surface area is 144 Å². The first-order chi connectivity index (χ1) is 11.8. The average molecular weight is 339 g/mol. The molecule has 0 saturated carbocycles. The van der Waals surface area contributed by atoms with Crippen molar-refractivity contribution in [3.05, 3.63) is 65.5 Å². The van der Waals surface area contributed by atoms with Crippen LogP contribution in [0.2, 0.25) is 0 Å². The highest BCUT2D eigenvalue weighted by Gasteiger charge is 2.18. The predicted octanol–water partition coefficient (Wildman–Crippen LogP) is 4.43. The molecule has 0 aliphatic rings. The quantitative estimate of drug-likeness (QED) is 0.767. The van der Waals surface area contributed by atoms with Crippen LogP contribution in [0, 0.1) is 5.82 Å². The van der Waals surface area contributed by atoms with Gasteiger partial charge in [0.2, 0.25) is 5.82 Å². The standard InChI is InChI=1S/C19H18FN3O2/c1-19(2,3)14-8-4-13(5-9-14)18(24)21-17-16(22-25-23-17)12-6-10-15(20)11-7-12/h4-11H,1-3H3,(H,21,23,24). The van der Waals surface area contributed by atoms with Crippen molar-refractivity contribution in [3.63, 3.8) is 0 Å². The maximum absolute atomic E-state index is 13.0. The number of halogens is 1. The average Bonchev–Trinajstić information content (AvgIpc) is 3.03. The van der Waals surface area contributed by atoms with Crippen LogP contribution in [0.4, 0.5) is 10.2 Å². The van der Waals surface area contributed by atoms with Gasteiger partial charge >= 0.3 is 0 Å². The van der Waals surface area contributed by atoms with Crippen LogP contribution in [0.15, 0.2) is 53.2 Å². The number of carbonyl (C=O) groups is 1. The van der Waals surface area contributed by atoms with Crippen molar-refractivity contribution in [2.75, 3.05) is 5.32 Å². The van der Waals surface area contributed by atoms with E-state index >= 15 is 0 Å². The lowest BCUT2D eigenvalue weighted by Crippen LogP contribution is -2.15. The zero-order valence-corrected chi connectivity index (χ0v) is 14.2. The first-order valence-corrected chi connectivity index (χ1v) is 7.85. The molecule has 0 aliphatic carbocycles. The Hall–Kier alpha value is -3.02. The second-order valence-corrected chi connectivity index (χ2v) is 6.75. The number of hydrogen-bond acceptors (Lipinski definition) is 4. The van der Waals surface area contributed by atoms with Crippen LogP contribution in [0.5, 0.6) is 0 Å². The normalized spacial score (nSPS) is 11.4. The van der Waals surface area contributed by atoms with Gasteiger partial charge in [-0.1, -0.05) is 32.9 Å². The fraction of sp³-hybridized carbons (Fsp3) is 0.211. The zero-order valence-electron chi connectivity index (χ0n) is 14.2. The van der Waals surface area contributed by atoms with Crippen molar-refractivity contribution in [2.45, 2.75) is 26.2 Å². The largest absolute Gasteiger partial charge is 0.302 e. The van der Waals surface area contributed by atoms with Crippen LogP contribution in [-0.2, 0) is 5.41 Å². The molecule has 0 radical (unpaired) electrons. The van der Waals surface area contributed by atoms with Crippen LogP contribution in [0.25, 0.3) is 11.3 Å². The molecule has 0 atom stereocenters. The van der Waals surface area contributed by atoms with Gasteiger partial charge in [-0.3, -0.25) is 4.79 Å². The molecule has 1 amide bonds. The summed E-state index contributed by atoms with van der Waals surface area (Å²) in [5.41, 5.74) is 2.60. The van der Waals surface area contributed by atoms with E-state index in [2.05, 4.69) is 36.4 Å². The van der Waals surface area contributed by atoms with Crippen LogP contribution in [0.3, 0.4) is 0 Å². The van der Waals surface area contributed by atoms with E-state index in [1.165, 1.54) is 12.1 Å². The summed E-state index contributed by atoms with van der Waals surface area (Å²) < 4.78 is 17.8. The van der Waals surface area contributed by atoms with E-state index in [0.717, 1.165) is 5.56 Å². The molecule has 0 aliphatic heterocycles. The number of hydrogen-bond donors (Lipinski definition) is 1. The minimum Gasteiger partial charge on any atom is -0.302 e. The molecule has 0 saturated heterocycles. The minimum atomic E-state index is -0.357. The van der Waals surface area contributed by atoms with Gasteiger partial charge in [0.15, 0.2) is 5.69 Å². The Bertz CT molecular complexity index is 878. The van der Waals surface area contributed by atoms with Gasteiger partial charge in [-0.05, 0) is 57.7 Å². The summed E-state index contributed by atoms with van der Waals surface area (Å²) in [5, 5.41) is 10.2. The van der Waals surface area contributed by atoms with Gasteiger partial charge in [0.25, 0.3) is 5.91 Å². The molecule has 0 spiro atoms. The van der Waals surface area contributed by atoms with Crippen molar-refractivity contribution in [3.8, 4) is 11.3 Å². The molecular formula is C19H18FN3O2. The predicted molar refractivity (Wildman–Crippen MR) is 92.8 cm³/mol. The van der Waals surface area contributed by atoms with Crippen molar-refractivity contribution in [1.29, 1.82) is 0 Å². The van der Waals surface area contributed by atoms with E-state index in [-0.39, 0.29) is 23.0 Å². The Morgan fingerprint density at radius 3 is 2.24 bits per heavy atom. The van der Waals surface area contributed by atoms with Gasteiger partial charge in [0.1, 0.15) is 5.82 Å². The smallest absolute Gasteiger partial charge is 0.256 e. The Balaban J connectivity index is 1.80. The van der Waals surface area contributed by atoms with Gasteiger partial charge in [0, 0.05) is 11.1 Å². The number of amides is 1. The van der Waals surface area contributed by atoms with Crippen LogP contribution >= 0.6 is 0 Å². The molecule has 1 heterocycles. The molecule has 1 N–H and O–H groups in total. The van der Waals surface area contributed by atoms with Gasteiger partial charge in [-0.2, -0.15) is 0 Å². The van der Waals surface area contributed by atoms with Crippen molar-refractivity contribution < 1.29 is 13.8 Å². The van der Waals surface area contributed by atoms with E-state index in [1.807, 2.05) is 12.1 Å². The summed E-state index contributed by atoms with van der Waals surface area (Å²) in [6.07, 6.45) is 0. The van der Waals surface area contributed by atoms with Gasteiger partial charge < -0.3 is 5.32 Å². The number of rotatable bonds is 3. The Morgan fingerprint density at radius 2 is 1.64 bits per heavy atom. The minimum absolute atomic E-state index is 0.0147. The molecule has 0 bridgehead atoms. The molecule has 0 unspecified atom stereocenters. The maximum atomic E-state index is 13.0. The SMILES string of the molecule is CC(C)(C)c1ccc(C(=O)Nc2nonc2-c2ccc(F)cc2)cc1. The Morgan fingerprint density at radius 1 is 1.00 bits per heavy atom. The molecule has 128 valence electrons. The van der Waals surface area contributed by atoms with Crippen molar-refractivity contribution in [2.24, 2.45) is 0 Å². The number of benzene rings is 2. The van der Waals surface area contributed by atoms with Gasteiger partial charge in [-0.15, -0.1) is 0 Å². The maximum Gasteiger partial charge on any atom is 0.256 e. The van der Waals surface area contributed by atoms with Gasteiger partial charge in [-0.25, -0.2) is 9.02 Å². The van der Waals surface area contributed by atoms with E-state index < -0.39 is 0 Å². The van der Waals surface area contributed by atoms with E-state index in [4.69, 9.17) is 4.63 Å². The molecule has 3 aromatic rings. The highest BCUT2D eigenvalue weighted by Crippen LogP contribution is 2.26.